The summed E-state index contributed by atoms with van der Waals surface area (Å²) >= 11 is 0. The third kappa shape index (κ3) is 6.79. The molecule has 0 saturated heterocycles. The van der Waals surface area contributed by atoms with Crippen LogP contribution in [0.2, 0.25) is 0 Å². The fourth-order valence-electron chi connectivity index (χ4n) is 2.90. The number of benzene rings is 2. The summed E-state index contributed by atoms with van der Waals surface area (Å²) in [7, 11) is 0.121. The molecule has 1 amide bonds. The molecule has 0 fully saturated rings. The van der Waals surface area contributed by atoms with Crippen molar-refractivity contribution in [1.82, 2.24) is 4.90 Å². The van der Waals surface area contributed by atoms with E-state index in [0.717, 1.165) is 18.8 Å². The van der Waals surface area contributed by atoms with Gasteiger partial charge in [-0.3, -0.25) is 4.79 Å². The van der Waals surface area contributed by atoms with Crippen molar-refractivity contribution >= 4 is 33.9 Å². The van der Waals surface area contributed by atoms with Crippen LogP contribution < -0.4 is 9.64 Å². The summed E-state index contributed by atoms with van der Waals surface area (Å²) in [6.45, 7) is 3.64. The predicted molar refractivity (Wildman–Crippen MR) is 127 cm³/mol. The van der Waals surface area contributed by atoms with Crippen LogP contribution in [0.4, 0.5) is 5.69 Å². The van der Waals surface area contributed by atoms with Gasteiger partial charge >= 0.3 is 5.97 Å². The van der Waals surface area contributed by atoms with Crippen molar-refractivity contribution in [3.63, 3.8) is 0 Å². The Morgan fingerprint density at radius 2 is 1.79 bits per heavy atom. The Bertz CT molecular complexity index is 1110. The maximum Gasteiger partial charge on any atom is 0.337 e. The molecular formula is C23H29N3O6S. The van der Waals surface area contributed by atoms with E-state index in [-0.39, 0.29) is 27.8 Å². The summed E-state index contributed by atoms with van der Waals surface area (Å²) in [6, 6.07) is 11.1. The summed E-state index contributed by atoms with van der Waals surface area (Å²) < 4.78 is 40.9. The number of unbranched alkanes of at least 4 members (excludes halogenated alkanes) is 1. The Morgan fingerprint density at radius 3 is 2.33 bits per heavy atom. The minimum atomic E-state index is -4.32. The number of hydrogen-bond acceptors (Lipinski definition) is 6. The highest BCUT2D eigenvalue weighted by molar-refractivity contribution is 7.90. The second kappa shape index (κ2) is 11.5. The molecule has 0 atom stereocenters. The standard InChI is InChI=1S/C23H29N3O6S/c1-6-7-13-26(17(2)27)20-14-18(23(28)31-5)15-21(33(29,30)24-16-25(3)4)22(20)32-19-11-9-8-10-12-19/h8-12,14-16H,6-7,13H2,1-5H3. The monoisotopic (exact) mass is 475 g/mol. The van der Waals surface area contributed by atoms with Gasteiger partial charge in [0.2, 0.25) is 5.91 Å². The average molecular weight is 476 g/mol. The first-order valence-corrected chi connectivity index (χ1v) is 11.8. The molecule has 0 aliphatic carbocycles. The van der Waals surface area contributed by atoms with Gasteiger partial charge < -0.3 is 19.3 Å². The molecule has 0 unspecified atom stereocenters. The van der Waals surface area contributed by atoms with Gasteiger partial charge in [-0.2, -0.15) is 8.42 Å². The zero-order valence-corrected chi connectivity index (χ0v) is 20.3. The fourth-order valence-corrected chi connectivity index (χ4v) is 3.98. The van der Waals surface area contributed by atoms with Crippen molar-refractivity contribution in [2.45, 2.75) is 31.6 Å². The maximum absolute atomic E-state index is 13.2. The smallest absolute Gasteiger partial charge is 0.337 e. The van der Waals surface area contributed by atoms with Crippen LogP contribution in [0.5, 0.6) is 11.5 Å². The van der Waals surface area contributed by atoms with Gasteiger partial charge in [0.1, 0.15) is 17.0 Å². The van der Waals surface area contributed by atoms with Crippen LogP contribution in [-0.2, 0) is 19.6 Å². The molecule has 0 aliphatic heterocycles. The van der Waals surface area contributed by atoms with E-state index in [2.05, 4.69) is 4.40 Å². The zero-order valence-electron chi connectivity index (χ0n) is 19.4. The van der Waals surface area contributed by atoms with Gasteiger partial charge in [-0.1, -0.05) is 31.5 Å². The Morgan fingerprint density at radius 1 is 1.12 bits per heavy atom. The molecule has 0 spiro atoms. The largest absolute Gasteiger partial charge is 0.465 e. The lowest BCUT2D eigenvalue weighted by atomic mass is 10.1. The second-order valence-corrected chi connectivity index (χ2v) is 9.01. The molecule has 0 N–H and O–H groups in total. The first kappa shape index (κ1) is 25.9. The van der Waals surface area contributed by atoms with Crippen LogP contribution in [-0.4, -0.2) is 59.3 Å². The molecule has 10 heteroatoms. The minimum absolute atomic E-state index is 0.0470. The summed E-state index contributed by atoms with van der Waals surface area (Å²) in [5.41, 5.74) is 0.0932. The number of amides is 1. The molecule has 33 heavy (non-hydrogen) atoms. The van der Waals surface area contributed by atoms with E-state index in [1.165, 1.54) is 29.9 Å². The molecule has 0 heterocycles. The van der Waals surface area contributed by atoms with Crippen LogP contribution in [0.15, 0.2) is 51.8 Å². The molecule has 0 aliphatic rings. The number of anilines is 1. The Labute approximate surface area is 194 Å². The van der Waals surface area contributed by atoms with E-state index in [1.54, 1.807) is 44.4 Å². The minimum Gasteiger partial charge on any atom is -0.465 e. The summed E-state index contributed by atoms with van der Waals surface area (Å²) in [5.74, 6) is -0.828. The molecule has 0 radical (unpaired) electrons. The highest BCUT2D eigenvalue weighted by Gasteiger charge is 2.29. The number of sulfonamides is 1. The van der Waals surface area contributed by atoms with Crippen LogP contribution in [0.3, 0.4) is 0 Å². The second-order valence-electron chi connectivity index (χ2n) is 7.41. The van der Waals surface area contributed by atoms with Crippen LogP contribution >= 0.6 is 0 Å². The van der Waals surface area contributed by atoms with Gasteiger partial charge in [0.25, 0.3) is 10.0 Å². The van der Waals surface area contributed by atoms with Gasteiger partial charge in [0.05, 0.1) is 18.4 Å². The number of carbonyl (C=O) groups excluding carboxylic acids is 2. The van der Waals surface area contributed by atoms with Gasteiger partial charge in [-0.25, -0.2) is 4.79 Å². The van der Waals surface area contributed by atoms with Crippen LogP contribution in [0.25, 0.3) is 0 Å². The van der Waals surface area contributed by atoms with E-state index >= 15 is 0 Å². The summed E-state index contributed by atoms with van der Waals surface area (Å²) in [4.78, 5) is 27.4. The van der Waals surface area contributed by atoms with Crippen molar-refractivity contribution in [1.29, 1.82) is 0 Å². The number of nitrogens with zero attached hydrogens (tertiary/aromatic N) is 3. The lowest BCUT2D eigenvalue weighted by molar-refractivity contribution is -0.116. The maximum atomic E-state index is 13.2. The van der Waals surface area contributed by atoms with E-state index in [4.69, 9.17) is 9.47 Å². The average Bonchev–Trinajstić information content (AvgIpc) is 2.78. The number of methoxy groups -OCH3 is 1. The fraction of sp³-hybridized carbons (Fsp3) is 0.348. The van der Waals surface area contributed by atoms with Crippen molar-refractivity contribution in [3.05, 3.63) is 48.0 Å². The van der Waals surface area contributed by atoms with E-state index in [1.807, 2.05) is 6.92 Å². The number of esters is 1. The molecule has 2 rings (SSSR count). The normalized spacial score (nSPS) is 11.3. The first-order valence-electron chi connectivity index (χ1n) is 10.3. The van der Waals surface area contributed by atoms with Crippen molar-refractivity contribution in [2.75, 3.05) is 32.6 Å². The summed E-state index contributed by atoms with van der Waals surface area (Å²) in [5, 5.41) is 0. The number of ether oxygens (including phenoxy) is 2. The third-order valence-electron chi connectivity index (χ3n) is 4.52. The topological polar surface area (TPSA) is 106 Å². The first-order chi connectivity index (χ1) is 15.6. The molecule has 0 saturated carbocycles. The molecule has 178 valence electrons. The number of rotatable bonds is 10. The van der Waals surface area contributed by atoms with Gasteiger partial charge in [-0.15, -0.1) is 4.40 Å². The van der Waals surface area contributed by atoms with E-state index < -0.39 is 16.0 Å². The lowest BCUT2D eigenvalue weighted by Gasteiger charge is -2.25. The van der Waals surface area contributed by atoms with E-state index in [9.17, 15) is 18.0 Å². The third-order valence-corrected chi connectivity index (χ3v) is 5.75. The lowest BCUT2D eigenvalue weighted by Crippen LogP contribution is -2.30. The highest BCUT2D eigenvalue weighted by Crippen LogP contribution is 2.40. The number of carbonyl (C=O) groups is 2. The van der Waals surface area contributed by atoms with E-state index in [0.29, 0.717) is 18.7 Å². The van der Waals surface area contributed by atoms with Gasteiger partial charge in [0.15, 0.2) is 5.75 Å². The predicted octanol–water partition coefficient (Wildman–Crippen LogP) is 3.70. The molecule has 0 bridgehead atoms. The Kier molecular flexibility index (Phi) is 8.98. The Hall–Kier alpha value is -3.40. The Balaban J connectivity index is 2.88. The SMILES string of the molecule is CCCCN(C(C)=O)c1cc(C(=O)OC)cc(S(=O)(=O)N=CN(C)C)c1Oc1ccccc1. The van der Waals surface area contributed by atoms with Crippen molar-refractivity contribution in [2.24, 2.45) is 4.40 Å². The van der Waals surface area contributed by atoms with Crippen LogP contribution in [0.1, 0.15) is 37.0 Å². The van der Waals surface area contributed by atoms with Gasteiger partial charge in [-0.05, 0) is 30.7 Å². The van der Waals surface area contributed by atoms with Crippen molar-refractivity contribution < 1.29 is 27.5 Å². The molecule has 0 aromatic heterocycles. The quantitative estimate of drug-likeness (QED) is 0.293. The molecule has 9 nitrogen and oxygen atoms in total. The molecule has 2 aromatic rings. The highest BCUT2D eigenvalue weighted by atomic mass is 32.2. The van der Waals surface area contributed by atoms with Crippen LogP contribution in [0, 0.1) is 0 Å². The number of hydrogen-bond donors (Lipinski definition) is 0. The van der Waals surface area contributed by atoms with Crippen molar-refractivity contribution in [3.8, 4) is 11.5 Å². The molecule has 2 aromatic carbocycles. The number of para-hydroxylation sites is 1. The van der Waals surface area contributed by atoms with Gasteiger partial charge in [0, 0.05) is 27.6 Å². The zero-order chi connectivity index (χ0) is 24.6. The summed E-state index contributed by atoms with van der Waals surface area (Å²) in [6.07, 6.45) is 2.59. The molecular weight excluding hydrogens is 446 g/mol.